The number of rotatable bonds is 3. The van der Waals surface area contributed by atoms with Gasteiger partial charge in [-0.1, -0.05) is 36.4 Å². The van der Waals surface area contributed by atoms with Gasteiger partial charge in [0.15, 0.2) is 12.6 Å². The Morgan fingerprint density at radius 2 is 1.92 bits per heavy atom. The molecular formula is C19H22N2O5. The smallest absolute Gasteiger partial charge is 0.184 e. The molecule has 2 saturated heterocycles. The van der Waals surface area contributed by atoms with E-state index >= 15 is 0 Å². The molecule has 0 saturated carbocycles. The largest absolute Gasteiger partial charge is 0.388 e. The molecule has 7 nitrogen and oxygen atoms in total. The number of methoxy groups -OCH3 is 1. The van der Waals surface area contributed by atoms with E-state index in [-0.39, 0.29) is 0 Å². The molecule has 2 fully saturated rings. The fourth-order valence-corrected chi connectivity index (χ4v) is 3.31. The number of fused-ring (bicyclic) bond motifs is 1. The minimum absolute atomic E-state index is 0.311. The van der Waals surface area contributed by atoms with E-state index in [2.05, 4.69) is 9.98 Å². The van der Waals surface area contributed by atoms with Crippen molar-refractivity contribution >= 4 is 0 Å². The Bertz CT molecular complexity index is 763. The van der Waals surface area contributed by atoms with Crippen LogP contribution in [-0.4, -0.2) is 54.5 Å². The number of nitrogens with zero attached hydrogens (tertiary/aromatic N) is 1. The molecule has 2 aliphatic heterocycles. The van der Waals surface area contributed by atoms with Crippen molar-refractivity contribution in [3.63, 3.8) is 0 Å². The molecule has 1 aromatic heterocycles. The molecule has 2 N–H and O–H groups in total. The molecule has 1 unspecified atom stereocenters. The monoisotopic (exact) mass is 358 g/mol. The first-order chi connectivity index (χ1) is 12.8. The van der Waals surface area contributed by atoms with Crippen molar-refractivity contribution in [1.82, 2.24) is 4.98 Å². The molecule has 1 aromatic carbocycles. The summed E-state index contributed by atoms with van der Waals surface area (Å²) in [6.07, 6.45) is -1.31. The number of hydrogen-bond acceptors (Lipinski definition) is 6. The minimum Gasteiger partial charge on any atom is -0.388 e. The van der Waals surface area contributed by atoms with Gasteiger partial charge < -0.3 is 29.0 Å². The van der Waals surface area contributed by atoms with E-state index in [1.165, 1.54) is 7.11 Å². The molecule has 0 bridgehead atoms. The molecule has 26 heavy (non-hydrogen) atoms. The molecule has 0 radical (unpaired) electrons. The Hall–Kier alpha value is -2.03. The van der Waals surface area contributed by atoms with Crippen LogP contribution in [0.15, 0.2) is 59.7 Å². The normalized spacial score (nSPS) is 35.1. The zero-order valence-electron chi connectivity index (χ0n) is 14.4. The summed E-state index contributed by atoms with van der Waals surface area (Å²) in [4.78, 5) is 7.60. The third-order valence-electron chi connectivity index (χ3n) is 4.62. The molecule has 7 heteroatoms. The van der Waals surface area contributed by atoms with Gasteiger partial charge in [-0.15, -0.1) is 0 Å². The standard InChI is InChI=1S/C19H22N2O5/c1-23-19-15(21-14-9-5-6-10-20-14)16(22)17-13(25-19)11-24-18(26-17)12-7-3-2-4-8-12/h2-10,13,15-19,22H,11H2,1H3,(H,20,21)/t13-,15-,16+,17-,18?,19+/m1/s1. The fraction of sp³-hybridized carbons (Fsp3) is 0.421. The Labute approximate surface area is 151 Å². The van der Waals surface area contributed by atoms with Crippen LogP contribution in [0, 0.1) is 0 Å². The van der Waals surface area contributed by atoms with Crippen LogP contribution in [0.2, 0.25) is 0 Å². The van der Waals surface area contributed by atoms with Crippen molar-refractivity contribution in [2.45, 2.75) is 36.9 Å². The quantitative estimate of drug-likeness (QED) is 0.859. The van der Waals surface area contributed by atoms with E-state index in [1.54, 1.807) is 6.20 Å². The second kappa shape index (κ2) is 7.69. The lowest BCUT2D eigenvalue weighted by Gasteiger charge is -2.46. The van der Waals surface area contributed by atoms with Gasteiger partial charge in [0.05, 0.1) is 6.61 Å². The highest BCUT2D eigenvalue weighted by atomic mass is 16.7. The maximum Gasteiger partial charge on any atom is 0.184 e. The predicted molar refractivity (Wildman–Crippen MR) is 91.8 cm³/mol. The average Bonchev–Trinajstić information content (AvgIpc) is 2.71. The SMILES string of the molecule is CO[C@H]1O[C@@H]2COC(c3ccccc3)O[C@H]2[C@@H](O)[C@H]1N=c1cccc[nH]1. The van der Waals surface area contributed by atoms with Crippen molar-refractivity contribution in [2.75, 3.05) is 13.7 Å². The summed E-state index contributed by atoms with van der Waals surface area (Å²) in [6, 6.07) is 14.6. The molecule has 3 heterocycles. The second-order valence-corrected chi connectivity index (χ2v) is 6.31. The molecule has 0 aliphatic carbocycles. The van der Waals surface area contributed by atoms with E-state index < -0.39 is 36.9 Å². The fourth-order valence-electron chi connectivity index (χ4n) is 3.31. The molecule has 2 aromatic rings. The lowest BCUT2D eigenvalue weighted by atomic mass is 9.96. The highest BCUT2D eigenvalue weighted by molar-refractivity contribution is 5.16. The van der Waals surface area contributed by atoms with Gasteiger partial charge in [0.2, 0.25) is 0 Å². The lowest BCUT2D eigenvalue weighted by Crippen LogP contribution is -2.61. The maximum absolute atomic E-state index is 10.9. The van der Waals surface area contributed by atoms with Crippen molar-refractivity contribution in [2.24, 2.45) is 4.99 Å². The van der Waals surface area contributed by atoms with E-state index in [0.29, 0.717) is 12.1 Å². The highest BCUT2D eigenvalue weighted by Crippen LogP contribution is 2.34. The number of H-pyrrole nitrogens is 1. The molecule has 6 atom stereocenters. The molecule has 138 valence electrons. The van der Waals surface area contributed by atoms with E-state index in [4.69, 9.17) is 18.9 Å². The number of nitrogens with one attached hydrogen (secondary N) is 1. The summed E-state index contributed by atoms with van der Waals surface area (Å²) >= 11 is 0. The Morgan fingerprint density at radius 3 is 2.65 bits per heavy atom. The van der Waals surface area contributed by atoms with Crippen LogP contribution in [-0.2, 0) is 18.9 Å². The number of pyridine rings is 1. The molecule has 0 amide bonds. The summed E-state index contributed by atoms with van der Waals surface area (Å²) in [7, 11) is 1.53. The lowest BCUT2D eigenvalue weighted by molar-refractivity contribution is -0.339. The number of ether oxygens (including phenoxy) is 4. The molecule has 4 rings (SSSR count). The van der Waals surface area contributed by atoms with Crippen molar-refractivity contribution in [3.8, 4) is 0 Å². The van der Waals surface area contributed by atoms with Gasteiger partial charge in [-0.25, -0.2) is 0 Å². The van der Waals surface area contributed by atoms with Gasteiger partial charge in [-0.3, -0.25) is 4.99 Å². The predicted octanol–water partition coefficient (Wildman–Crippen LogP) is 1.13. The van der Waals surface area contributed by atoms with Crippen molar-refractivity contribution in [3.05, 3.63) is 65.8 Å². The third-order valence-corrected chi connectivity index (χ3v) is 4.62. The first kappa shape index (κ1) is 17.4. The van der Waals surface area contributed by atoms with Crippen LogP contribution >= 0.6 is 0 Å². The first-order valence-electron chi connectivity index (χ1n) is 8.62. The van der Waals surface area contributed by atoms with E-state index in [9.17, 15) is 5.11 Å². The first-order valence-corrected chi connectivity index (χ1v) is 8.62. The van der Waals surface area contributed by atoms with E-state index in [1.807, 2.05) is 48.5 Å². The zero-order valence-corrected chi connectivity index (χ0v) is 14.4. The Balaban J connectivity index is 1.58. The summed E-state index contributed by atoms with van der Waals surface area (Å²) in [5, 5.41) is 10.9. The maximum atomic E-state index is 10.9. The topological polar surface area (TPSA) is 85.3 Å². The van der Waals surface area contributed by atoms with Crippen LogP contribution < -0.4 is 5.49 Å². The number of aliphatic hydroxyl groups is 1. The number of aromatic nitrogens is 1. The van der Waals surface area contributed by atoms with Gasteiger partial charge in [0, 0.05) is 18.9 Å². The Morgan fingerprint density at radius 1 is 1.12 bits per heavy atom. The van der Waals surface area contributed by atoms with Gasteiger partial charge in [0.25, 0.3) is 0 Å². The summed E-state index contributed by atoms with van der Waals surface area (Å²) in [5.74, 6) is 0. The highest BCUT2D eigenvalue weighted by Gasteiger charge is 2.49. The summed E-state index contributed by atoms with van der Waals surface area (Å²) in [6.45, 7) is 0.311. The van der Waals surface area contributed by atoms with Crippen molar-refractivity contribution < 1.29 is 24.1 Å². The summed E-state index contributed by atoms with van der Waals surface area (Å²) in [5.41, 5.74) is 1.53. The number of aromatic amines is 1. The van der Waals surface area contributed by atoms with Crippen LogP contribution in [0.4, 0.5) is 0 Å². The van der Waals surface area contributed by atoms with Gasteiger partial charge >= 0.3 is 0 Å². The Kier molecular flexibility index (Phi) is 5.14. The zero-order chi connectivity index (χ0) is 17.9. The van der Waals surface area contributed by atoms with Crippen LogP contribution in [0.3, 0.4) is 0 Å². The van der Waals surface area contributed by atoms with Gasteiger partial charge in [-0.05, 0) is 12.1 Å². The van der Waals surface area contributed by atoms with Crippen LogP contribution in [0.25, 0.3) is 0 Å². The van der Waals surface area contributed by atoms with Crippen LogP contribution in [0.5, 0.6) is 0 Å². The van der Waals surface area contributed by atoms with E-state index in [0.717, 1.165) is 5.56 Å². The molecular weight excluding hydrogens is 336 g/mol. The van der Waals surface area contributed by atoms with Crippen molar-refractivity contribution in [1.29, 1.82) is 0 Å². The molecule has 0 spiro atoms. The number of benzene rings is 1. The van der Waals surface area contributed by atoms with Gasteiger partial charge in [0.1, 0.15) is 29.8 Å². The summed E-state index contributed by atoms with van der Waals surface area (Å²) < 4.78 is 23.1. The minimum atomic E-state index is -0.887. The van der Waals surface area contributed by atoms with Crippen LogP contribution in [0.1, 0.15) is 11.9 Å². The second-order valence-electron chi connectivity index (χ2n) is 6.31. The van der Waals surface area contributed by atoms with Gasteiger partial charge in [-0.2, -0.15) is 0 Å². The number of aliphatic hydroxyl groups excluding tert-OH is 1. The third kappa shape index (κ3) is 3.44. The average molecular weight is 358 g/mol. The number of hydrogen-bond donors (Lipinski definition) is 2. The molecule has 2 aliphatic rings.